The topological polar surface area (TPSA) is 107 Å². The molecular weight excluding hydrogens is 378 g/mol. The van der Waals surface area contributed by atoms with Crippen LogP contribution in [0.2, 0.25) is 0 Å². The average Bonchev–Trinajstić information content (AvgIpc) is 3.09. The van der Waals surface area contributed by atoms with Crippen molar-refractivity contribution < 1.29 is 4.79 Å². The predicted molar refractivity (Wildman–Crippen MR) is 123 cm³/mol. The lowest BCUT2D eigenvalue weighted by Gasteiger charge is -2.37. The first kappa shape index (κ1) is 24.2. The molecule has 0 aromatic rings. The summed E-state index contributed by atoms with van der Waals surface area (Å²) in [5.74, 6) is -0.0794. The molecule has 0 aliphatic carbocycles. The molecular formula is C22H41N7O. The first-order valence-corrected chi connectivity index (χ1v) is 11.5. The number of hydrogen-bond acceptors (Lipinski definition) is 5. The quantitative estimate of drug-likeness (QED) is 0.321. The number of nitrogens with one attached hydrogen (secondary N) is 5. The van der Waals surface area contributed by atoms with Gasteiger partial charge in [0.15, 0.2) is 11.8 Å². The van der Waals surface area contributed by atoms with Crippen molar-refractivity contribution in [1.29, 1.82) is 10.8 Å². The van der Waals surface area contributed by atoms with Crippen molar-refractivity contribution in [3.8, 4) is 0 Å². The van der Waals surface area contributed by atoms with Crippen LogP contribution in [0, 0.1) is 16.7 Å². The van der Waals surface area contributed by atoms with E-state index >= 15 is 0 Å². The van der Waals surface area contributed by atoms with E-state index in [4.69, 9.17) is 10.8 Å². The second-order valence-electron chi connectivity index (χ2n) is 8.84. The van der Waals surface area contributed by atoms with E-state index in [1.165, 1.54) is 5.57 Å². The molecule has 1 fully saturated rings. The van der Waals surface area contributed by atoms with Crippen molar-refractivity contribution in [2.75, 3.05) is 26.2 Å². The van der Waals surface area contributed by atoms with Crippen molar-refractivity contribution in [1.82, 2.24) is 25.8 Å². The highest BCUT2D eigenvalue weighted by atomic mass is 16.2. The van der Waals surface area contributed by atoms with Crippen molar-refractivity contribution >= 4 is 17.7 Å². The van der Waals surface area contributed by atoms with Gasteiger partial charge in [0.2, 0.25) is 0 Å². The summed E-state index contributed by atoms with van der Waals surface area (Å²) in [7, 11) is 0. The normalized spacial score (nSPS) is 23.0. The van der Waals surface area contributed by atoms with E-state index in [-0.39, 0.29) is 17.8 Å². The number of nitrogens with zero attached hydrogens (tertiary/aromatic N) is 2. The fraction of sp³-hybridized carbons (Fsp3) is 0.773. The van der Waals surface area contributed by atoms with Gasteiger partial charge >= 0.3 is 0 Å². The Morgan fingerprint density at radius 1 is 1.20 bits per heavy atom. The first-order valence-electron chi connectivity index (χ1n) is 11.5. The minimum atomic E-state index is -0.460. The van der Waals surface area contributed by atoms with E-state index in [1.807, 2.05) is 11.8 Å². The van der Waals surface area contributed by atoms with Crippen LogP contribution < -0.4 is 16.0 Å². The molecule has 3 atom stereocenters. The number of rotatable bonds is 7. The van der Waals surface area contributed by atoms with Crippen molar-refractivity contribution in [2.45, 2.75) is 78.4 Å². The first-order chi connectivity index (χ1) is 14.3. The minimum Gasteiger partial charge on any atom is -0.388 e. The van der Waals surface area contributed by atoms with Crippen LogP contribution in [-0.2, 0) is 4.79 Å². The molecule has 0 spiro atoms. The van der Waals surface area contributed by atoms with Crippen LogP contribution in [0.25, 0.3) is 0 Å². The van der Waals surface area contributed by atoms with Gasteiger partial charge in [0.25, 0.3) is 5.91 Å². The maximum atomic E-state index is 12.5. The Balaban J connectivity index is 1.78. The third kappa shape index (κ3) is 6.45. The summed E-state index contributed by atoms with van der Waals surface area (Å²) in [4.78, 5) is 16.7. The lowest BCUT2D eigenvalue weighted by Crippen LogP contribution is -2.56. The van der Waals surface area contributed by atoms with E-state index in [1.54, 1.807) is 0 Å². The van der Waals surface area contributed by atoms with Gasteiger partial charge in [-0.05, 0) is 51.8 Å². The van der Waals surface area contributed by atoms with Crippen molar-refractivity contribution in [2.24, 2.45) is 5.92 Å². The van der Waals surface area contributed by atoms with Gasteiger partial charge in [0.05, 0.1) is 0 Å². The molecule has 0 aromatic carbocycles. The Morgan fingerprint density at radius 3 is 2.43 bits per heavy atom. The van der Waals surface area contributed by atoms with Crippen molar-refractivity contribution in [3.63, 3.8) is 0 Å². The van der Waals surface area contributed by atoms with Crippen LogP contribution in [0.15, 0.2) is 11.8 Å². The second-order valence-corrected chi connectivity index (χ2v) is 8.84. The lowest BCUT2D eigenvalue weighted by molar-refractivity contribution is -0.115. The predicted octanol–water partition coefficient (Wildman–Crippen LogP) is 2.09. The Morgan fingerprint density at radius 2 is 1.87 bits per heavy atom. The molecule has 3 unspecified atom stereocenters. The monoisotopic (exact) mass is 419 g/mol. The SMILES string of the molecule is CCCC1C(CC(C)NC(=O)C(=N)NC(=N)N2CCN(C(C)C)CC2)=CNC1CC. The molecule has 30 heavy (non-hydrogen) atoms. The molecule has 2 aliphatic heterocycles. The molecule has 2 aliphatic rings. The van der Waals surface area contributed by atoms with Crippen LogP contribution >= 0.6 is 0 Å². The van der Waals surface area contributed by atoms with Gasteiger partial charge < -0.3 is 20.9 Å². The Labute approximate surface area is 181 Å². The fourth-order valence-electron chi connectivity index (χ4n) is 4.42. The number of carbonyl (C=O) groups is 1. The summed E-state index contributed by atoms with van der Waals surface area (Å²) in [5.41, 5.74) is 1.35. The molecule has 1 saturated heterocycles. The fourth-order valence-corrected chi connectivity index (χ4v) is 4.42. The molecule has 0 bridgehead atoms. The number of carbonyl (C=O) groups excluding carboxylic acids is 1. The largest absolute Gasteiger partial charge is 0.388 e. The van der Waals surface area contributed by atoms with Crippen LogP contribution in [0.1, 0.15) is 60.3 Å². The van der Waals surface area contributed by atoms with Gasteiger partial charge in [0, 0.05) is 50.2 Å². The zero-order valence-corrected chi connectivity index (χ0v) is 19.3. The number of piperazine rings is 1. The van der Waals surface area contributed by atoms with Gasteiger partial charge in [-0.15, -0.1) is 0 Å². The summed E-state index contributed by atoms with van der Waals surface area (Å²) in [6, 6.07) is 0.917. The summed E-state index contributed by atoms with van der Waals surface area (Å²) in [6.45, 7) is 14.0. The summed E-state index contributed by atoms with van der Waals surface area (Å²) >= 11 is 0. The number of hydrogen-bond donors (Lipinski definition) is 5. The maximum absolute atomic E-state index is 12.5. The highest BCUT2D eigenvalue weighted by Gasteiger charge is 2.29. The smallest absolute Gasteiger partial charge is 0.286 e. The highest BCUT2D eigenvalue weighted by Crippen LogP contribution is 2.30. The van der Waals surface area contributed by atoms with Gasteiger partial charge in [-0.1, -0.05) is 20.3 Å². The molecule has 0 radical (unpaired) electrons. The molecule has 5 N–H and O–H groups in total. The standard InChI is InChI=1S/C22H41N7O/c1-6-8-18-17(14-25-19(18)7-2)13-16(5)26-21(30)20(23)27-22(24)29-11-9-28(10-12-29)15(3)4/h14-16,18-19,25H,6-13H2,1-5H3,(H,26,30)(H3,23,24,27). The molecule has 2 rings (SSSR count). The lowest BCUT2D eigenvalue weighted by atomic mass is 9.86. The van der Waals surface area contributed by atoms with Gasteiger partial charge in [0.1, 0.15) is 0 Å². The zero-order chi connectivity index (χ0) is 22.3. The molecule has 8 nitrogen and oxygen atoms in total. The van der Waals surface area contributed by atoms with E-state index in [0.29, 0.717) is 18.0 Å². The number of amides is 1. The molecule has 170 valence electrons. The van der Waals surface area contributed by atoms with Gasteiger partial charge in [-0.25, -0.2) is 0 Å². The van der Waals surface area contributed by atoms with Crippen LogP contribution in [-0.4, -0.2) is 71.8 Å². The van der Waals surface area contributed by atoms with Crippen LogP contribution in [0.4, 0.5) is 0 Å². The molecule has 2 heterocycles. The second kappa shape index (κ2) is 11.3. The number of guanidine groups is 1. The Kier molecular flexibility index (Phi) is 9.14. The summed E-state index contributed by atoms with van der Waals surface area (Å²) in [5, 5.41) is 25.4. The van der Waals surface area contributed by atoms with Crippen LogP contribution in [0.5, 0.6) is 0 Å². The minimum absolute atomic E-state index is 0.0635. The average molecular weight is 420 g/mol. The molecule has 1 amide bonds. The molecule has 8 heteroatoms. The van der Waals surface area contributed by atoms with E-state index < -0.39 is 5.91 Å². The Hall–Kier alpha value is -2.09. The maximum Gasteiger partial charge on any atom is 0.286 e. The zero-order valence-electron chi connectivity index (χ0n) is 19.3. The Bertz CT molecular complexity index is 637. The highest BCUT2D eigenvalue weighted by molar-refractivity contribution is 6.39. The van der Waals surface area contributed by atoms with Gasteiger partial charge in [-0.3, -0.25) is 20.5 Å². The molecule has 0 aromatic heterocycles. The van der Waals surface area contributed by atoms with Crippen LogP contribution in [0.3, 0.4) is 0 Å². The van der Waals surface area contributed by atoms with E-state index in [2.05, 4.69) is 54.7 Å². The van der Waals surface area contributed by atoms with Crippen molar-refractivity contribution in [3.05, 3.63) is 11.8 Å². The third-order valence-corrected chi connectivity index (χ3v) is 6.23. The van der Waals surface area contributed by atoms with Gasteiger partial charge in [-0.2, -0.15) is 0 Å². The molecule has 0 saturated carbocycles. The van der Waals surface area contributed by atoms with E-state index in [9.17, 15) is 4.79 Å². The number of amidine groups is 1. The summed E-state index contributed by atoms with van der Waals surface area (Å²) in [6.07, 6.45) is 6.28. The summed E-state index contributed by atoms with van der Waals surface area (Å²) < 4.78 is 0. The van der Waals surface area contributed by atoms with E-state index in [0.717, 1.165) is 51.9 Å². The third-order valence-electron chi connectivity index (χ3n) is 6.23.